The third kappa shape index (κ3) is 4.54. The lowest BCUT2D eigenvalue weighted by Crippen LogP contribution is -2.38. The zero-order valence-corrected chi connectivity index (χ0v) is 8.76. The molecule has 0 atom stereocenters. The Morgan fingerprint density at radius 3 is 2.64 bits per heavy atom. The molecule has 0 amide bonds. The highest BCUT2D eigenvalue weighted by Gasteiger charge is 2.26. The highest BCUT2D eigenvalue weighted by atomic mass is 32.2. The maximum absolute atomic E-state index is 11.2. The van der Waals surface area contributed by atoms with Crippen molar-refractivity contribution in [2.45, 2.75) is 25.3 Å². The van der Waals surface area contributed by atoms with Crippen molar-refractivity contribution in [3.8, 4) is 0 Å². The Bertz CT molecular complexity index is 297. The number of esters is 1. The lowest BCUT2D eigenvalue weighted by Gasteiger charge is -2.05. The van der Waals surface area contributed by atoms with E-state index in [4.69, 9.17) is 0 Å². The van der Waals surface area contributed by atoms with Gasteiger partial charge in [-0.15, -0.1) is 0 Å². The molecule has 1 aliphatic rings. The Morgan fingerprint density at radius 2 is 2.14 bits per heavy atom. The third-order valence-corrected chi connectivity index (χ3v) is 2.98. The lowest BCUT2D eigenvalue weighted by molar-refractivity contribution is -0.140. The molecule has 1 aliphatic carbocycles. The molecular weight excluding hydrogens is 208 g/mol. The maximum atomic E-state index is 11.2. The molecule has 14 heavy (non-hydrogen) atoms. The molecule has 7 heteroatoms. The fraction of sp³-hybridized carbons (Fsp3) is 0.857. The van der Waals surface area contributed by atoms with Crippen LogP contribution in [-0.2, 0) is 19.7 Å². The van der Waals surface area contributed by atoms with Crippen LogP contribution >= 0.6 is 0 Å². The molecule has 0 radical (unpaired) electrons. The molecule has 0 aromatic heterocycles. The van der Waals surface area contributed by atoms with E-state index in [-0.39, 0.29) is 19.0 Å². The minimum atomic E-state index is -3.43. The number of ether oxygens (including phenoxy) is 1. The molecular formula is C7H14N2O4S. The highest BCUT2D eigenvalue weighted by Crippen LogP contribution is 2.19. The van der Waals surface area contributed by atoms with E-state index in [0.29, 0.717) is 0 Å². The van der Waals surface area contributed by atoms with Gasteiger partial charge in [-0.3, -0.25) is 4.79 Å². The van der Waals surface area contributed by atoms with Crippen LogP contribution in [0, 0.1) is 0 Å². The number of methoxy groups -OCH3 is 1. The summed E-state index contributed by atoms with van der Waals surface area (Å²) in [5.41, 5.74) is 0. The Labute approximate surface area is 83.2 Å². The molecule has 82 valence electrons. The second-order valence-electron chi connectivity index (χ2n) is 3.12. The fourth-order valence-corrected chi connectivity index (χ4v) is 1.98. The molecule has 0 aromatic carbocycles. The molecule has 0 bridgehead atoms. The molecule has 6 nitrogen and oxygen atoms in total. The van der Waals surface area contributed by atoms with Crippen molar-refractivity contribution in [2.24, 2.45) is 0 Å². The molecule has 0 aromatic rings. The van der Waals surface area contributed by atoms with Crippen LogP contribution in [0.4, 0.5) is 0 Å². The van der Waals surface area contributed by atoms with Gasteiger partial charge in [0.1, 0.15) is 0 Å². The SMILES string of the molecule is COC(=O)CCNS(=O)(=O)NC1CC1. The molecule has 0 unspecified atom stereocenters. The van der Waals surface area contributed by atoms with Gasteiger partial charge in [0.2, 0.25) is 0 Å². The zero-order chi connectivity index (χ0) is 10.6. The summed E-state index contributed by atoms with van der Waals surface area (Å²) in [6.07, 6.45) is 1.82. The first-order chi connectivity index (χ1) is 6.53. The van der Waals surface area contributed by atoms with Crippen LogP contribution in [0.2, 0.25) is 0 Å². The van der Waals surface area contributed by atoms with E-state index in [2.05, 4.69) is 14.2 Å². The minimum Gasteiger partial charge on any atom is -0.469 e. The molecule has 1 fully saturated rings. The van der Waals surface area contributed by atoms with E-state index in [0.717, 1.165) is 12.8 Å². The van der Waals surface area contributed by atoms with Gasteiger partial charge in [0, 0.05) is 12.6 Å². The summed E-state index contributed by atoms with van der Waals surface area (Å²) in [7, 11) is -2.17. The molecule has 0 heterocycles. The van der Waals surface area contributed by atoms with Gasteiger partial charge in [-0.1, -0.05) is 0 Å². The van der Waals surface area contributed by atoms with Crippen molar-refractivity contribution < 1.29 is 17.9 Å². The minimum absolute atomic E-state index is 0.0437. The predicted octanol–water partition coefficient (Wildman–Crippen LogP) is -0.864. The van der Waals surface area contributed by atoms with Crippen molar-refractivity contribution in [3.05, 3.63) is 0 Å². The Kier molecular flexibility index (Phi) is 3.85. The van der Waals surface area contributed by atoms with Crippen LogP contribution in [0.15, 0.2) is 0 Å². The number of carbonyl (C=O) groups is 1. The van der Waals surface area contributed by atoms with Crippen molar-refractivity contribution >= 4 is 16.2 Å². The summed E-state index contributed by atoms with van der Waals surface area (Å²) in [5.74, 6) is -0.431. The van der Waals surface area contributed by atoms with Crippen molar-refractivity contribution in [2.75, 3.05) is 13.7 Å². The lowest BCUT2D eigenvalue weighted by atomic mass is 10.4. The fourth-order valence-electron chi connectivity index (χ4n) is 0.852. The van der Waals surface area contributed by atoms with Crippen molar-refractivity contribution in [3.63, 3.8) is 0 Å². The number of hydrogen-bond donors (Lipinski definition) is 2. The summed E-state index contributed by atoms with van der Waals surface area (Å²) in [6, 6.07) is 0.0747. The standard InChI is InChI=1S/C7H14N2O4S/c1-13-7(10)4-5-8-14(11,12)9-6-2-3-6/h6,8-9H,2-5H2,1H3. The number of carbonyl (C=O) groups excluding carboxylic acids is 1. The molecule has 1 saturated carbocycles. The first kappa shape index (κ1) is 11.4. The van der Waals surface area contributed by atoms with Crippen LogP contribution < -0.4 is 9.44 Å². The summed E-state index contributed by atoms with van der Waals surface area (Å²) < 4.78 is 31.4. The van der Waals surface area contributed by atoms with E-state index in [1.54, 1.807) is 0 Å². The largest absolute Gasteiger partial charge is 0.469 e. The van der Waals surface area contributed by atoms with Crippen LogP contribution in [0.1, 0.15) is 19.3 Å². The normalized spacial score (nSPS) is 16.6. The molecule has 0 saturated heterocycles. The average Bonchev–Trinajstić information content (AvgIpc) is 2.86. The van der Waals surface area contributed by atoms with Gasteiger partial charge in [-0.05, 0) is 12.8 Å². The monoisotopic (exact) mass is 222 g/mol. The highest BCUT2D eigenvalue weighted by molar-refractivity contribution is 7.87. The van der Waals surface area contributed by atoms with Gasteiger partial charge in [-0.2, -0.15) is 13.1 Å². The van der Waals surface area contributed by atoms with E-state index >= 15 is 0 Å². The second-order valence-corrected chi connectivity index (χ2v) is 4.65. The predicted molar refractivity (Wildman–Crippen MR) is 49.7 cm³/mol. The first-order valence-corrected chi connectivity index (χ1v) is 5.85. The summed E-state index contributed by atoms with van der Waals surface area (Å²) in [6.45, 7) is 0.0642. The maximum Gasteiger partial charge on any atom is 0.306 e. The van der Waals surface area contributed by atoms with Crippen molar-refractivity contribution in [1.82, 2.24) is 9.44 Å². The summed E-state index contributed by atoms with van der Waals surface area (Å²) >= 11 is 0. The third-order valence-electron chi connectivity index (χ3n) is 1.75. The quantitative estimate of drug-likeness (QED) is 0.572. The molecule has 2 N–H and O–H groups in total. The summed E-state index contributed by atoms with van der Waals surface area (Å²) in [5, 5.41) is 0. The van der Waals surface area contributed by atoms with Crippen LogP contribution in [0.25, 0.3) is 0 Å². The zero-order valence-electron chi connectivity index (χ0n) is 7.95. The van der Waals surface area contributed by atoms with Gasteiger partial charge >= 0.3 is 5.97 Å². The van der Waals surface area contributed by atoms with E-state index in [9.17, 15) is 13.2 Å². The van der Waals surface area contributed by atoms with E-state index in [1.165, 1.54) is 7.11 Å². The smallest absolute Gasteiger partial charge is 0.306 e. The van der Waals surface area contributed by atoms with Gasteiger partial charge in [0.05, 0.1) is 13.5 Å². The molecule has 1 rings (SSSR count). The van der Waals surface area contributed by atoms with Crippen LogP contribution in [0.3, 0.4) is 0 Å². The molecule has 0 aliphatic heterocycles. The van der Waals surface area contributed by atoms with E-state index < -0.39 is 16.2 Å². The molecule has 0 spiro atoms. The number of rotatable bonds is 6. The van der Waals surface area contributed by atoms with Crippen LogP contribution in [0.5, 0.6) is 0 Å². The first-order valence-electron chi connectivity index (χ1n) is 4.37. The van der Waals surface area contributed by atoms with Crippen molar-refractivity contribution in [1.29, 1.82) is 0 Å². The van der Waals surface area contributed by atoms with Gasteiger partial charge in [0.25, 0.3) is 10.2 Å². The number of nitrogens with one attached hydrogen (secondary N) is 2. The Balaban J connectivity index is 2.18. The summed E-state index contributed by atoms with van der Waals surface area (Å²) in [4.78, 5) is 10.7. The topological polar surface area (TPSA) is 84.5 Å². The van der Waals surface area contributed by atoms with E-state index in [1.807, 2.05) is 0 Å². The van der Waals surface area contributed by atoms with Crippen LogP contribution in [-0.4, -0.2) is 34.1 Å². The second kappa shape index (κ2) is 4.72. The van der Waals surface area contributed by atoms with Gasteiger partial charge in [0.15, 0.2) is 0 Å². The Morgan fingerprint density at radius 1 is 1.50 bits per heavy atom. The Hall–Kier alpha value is -0.660. The average molecular weight is 222 g/mol. The van der Waals surface area contributed by atoms with Gasteiger partial charge < -0.3 is 4.74 Å². The number of hydrogen-bond acceptors (Lipinski definition) is 4. The van der Waals surface area contributed by atoms with Gasteiger partial charge in [-0.25, -0.2) is 4.72 Å².